The molecule has 98 valence electrons. The zero-order valence-corrected chi connectivity index (χ0v) is 11.6. The first kappa shape index (κ1) is 15.9. The molecule has 2 aliphatic rings. The summed E-state index contributed by atoms with van der Waals surface area (Å²) >= 11 is 0. The fourth-order valence-electron chi connectivity index (χ4n) is 1.97. The maximum atomic E-state index is 8.99. The van der Waals surface area contributed by atoms with E-state index in [2.05, 4.69) is 23.8 Å². The smallest absolute Gasteiger partial charge is 0.0679 e. The van der Waals surface area contributed by atoms with Gasteiger partial charge in [-0.2, -0.15) is 0 Å². The van der Waals surface area contributed by atoms with E-state index in [1.54, 1.807) is 0 Å². The highest BCUT2D eigenvalue weighted by Crippen LogP contribution is 2.06. The van der Waals surface area contributed by atoms with Gasteiger partial charge in [0.15, 0.2) is 0 Å². The minimum atomic E-state index is -0.0463. The highest BCUT2D eigenvalue weighted by Gasteiger charge is 2.17. The Bertz CT molecular complexity index is 147. The maximum absolute atomic E-state index is 8.99. The molecule has 0 aromatic carbocycles. The van der Waals surface area contributed by atoms with Crippen LogP contribution in [0.5, 0.6) is 0 Å². The molecule has 2 heterocycles. The molecule has 2 aliphatic heterocycles. The molecule has 3 nitrogen and oxygen atoms in total. The van der Waals surface area contributed by atoms with Crippen molar-refractivity contribution in [2.75, 3.05) is 39.8 Å². The molecule has 2 saturated heterocycles. The zero-order chi connectivity index (χ0) is 12.4. The van der Waals surface area contributed by atoms with Gasteiger partial charge in [0.1, 0.15) is 0 Å². The van der Waals surface area contributed by atoms with Crippen LogP contribution in [0.1, 0.15) is 40.0 Å². The fourth-order valence-corrected chi connectivity index (χ4v) is 1.97. The average Bonchev–Trinajstić information content (AvgIpc) is 2.93. The summed E-state index contributed by atoms with van der Waals surface area (Å²) in [6.45, 7) is 11.8. The summed E-state index contributed by atoms with van der Waals surface area (Å²) in [5.41, 5.74) is 0. The molecule has 1 unspecified atom stereocenters. The fraction of sp³-hybridized carbons (Fsp3) is 1.00. The van der Waals surface area contributed by atoms with Crippen molar-refractivity contribution in [2.24, 2.45) is 0 Å². The van der Waals surface area contributed by atoms with Crippen molar-refractivity contribution in [2.45, 2.75) is 46.1 Å². The quantitative estimate of drug-likeness (QED) is 0.744. The third-order valence-electron chi connectivity index (χ3n) is 3.02. The van der Waals surface area contributed by atoms with E-state index < -0.39 is 0 Å². The van der Waals surface area contributed by atoms with Crippen LogP contribution < -0.4 is 0 Å². The number of likely N-dealkylation sites (tertiary alicyclic amines) is 2. The summed E-state index contributed by atoms with van der Waals surface area (Å²) in [4.78, 5) is 4.62. The molecule has 3 heteroatoms. The van der Waals surface area contributed by atoms with Gasteiger partial charge in [0.05, 0.1) is 6.10 Å². The van der Waals surface area contributed by atoms with Gasteiger partial charge in [-0.25, -0.2) is 0 Å². The van der Waals surface area contributed by atoms with E-state index in [1.165, 1.54) is 25.9 Å². The molecule has 0 aromatic heterocycles. The lowest BCUT2D eigenvalue weighted by atomic mass is 10.3. The number of aliphatic hydroxyl groups is 1. The molecule has 0 bridgehead atoms. The molecular formula is C13H30N2O. The summed E-state index contributed by atoms with van der Waals surface area (Å²) in [5.74, 6) is 0. The first-order chi connectivity index (χ1) is 7.72. The number of likely N-dealkylation sites (N-methyl/N-ethyl adjacent to an activating group) is 1. The van der Waals surface area contributed by atoms with Crippen molar-refractivity contribution in [3.63, 3.8) is 0 Å². The molecule has 0 saturated carbocycles. The van der Waals surface area contributed by atoms with Crippen LogP contribution in [0.4, 0.5) is 0 Å². The van der Waals surface area contributed by atoms with Gasteiger partial charge in [-0.05, 0) is 45.9 Å². The largest absolute Gasteiger partial charge is 0.392 e. The number of rotatable bonds is 1. The third-order valence-corrected chi connectivity index (χ3v) is 3.02. The van der Waals surface area contributed by atoms with Gasteiger partial charge in [-0.15, -0.1) is 0 Å². The second-order valence-corrected chi connectivity index (χ2v) is 4.35. The van der Waals surface area contributed by atoms with E-state index in [1.807, 2.05) is 13.8 Å². The Balaban J connectivity index is 0.000000251. The Kier molecular flexibility index (Phi) is 9.99. The van der Waals surface area contributed by atoms with Crippen LogP contribution in [0.2, 0.25) is 0 Å². The zero-order valence-electron chi connectivity index (χ0n) is 11.6. The van der Waals surface area contributed by atoms with Gasteiger partial charge in [0.25, 0.3) is 0 Å². The van der Waals surface area contributed by atoms with Crippen molar-refractivity contribution in [3.05, 3.63) is 0 Å². The summed E-state index contributed by atoms with van der Waals surface area (Å²) in [7, 11) is 2.17. The average molecular weight is 230 g/mol. The second kappa shape index (κ2) is 10.1. The van der Waals surface area contributed by atoms with Gasteiger partial charge in [0.2, 0.25) is 0 Å². The lowest BCUT2D eigenvalue weighted by Crippen LogP contribution is -2.21. The lowest BCUT2D eigenvalue weighted by Gasteiger charge is -2.09. The van der Waals surface area contributed by atoms with Crippen molar-refractivity contribution in [1.82, 2.24) is 9.80 Å². The first-order valence-corrected chi connectivity index (χ1v) is 6.81. The van der Waals surface area contributed by atoms with E-state index in [0.717, 1.165) is 26.1 Å². The van der Waals surface area contributed by atoms with Gasteiger partial charge in [0, 0.05) is 13.1 Å². The van der Waals surface area contributed by atoms with E-state index in [9.17, 15) is 0 Å². The number of nitrogens with zero attached hydrogens (tertiary/aromatic N) is 2. The molecule has 0 spiro atoms. The standard InChI is InChI=1S/C6H13NO.C5H11N.C2H6/c1-2-7-4-3-6(8)5-7;1-6-4-2-3-5-6;1-2/h6,8H,2-5H2,1H3;2-5H2,1H3;1-2H3. The van der Waals surface area contributed by atoms with Gasteiger partial charge in [-0.3, -0.25) is 0 Å². The molecule has 1 N–H and O–H groups in total. The van der Waals surface area contributed by atoms with E-state index in [4.69, 9.17) is 5.11 Å². The predicted molar refractivity (Wildman–Crippen MR) is 70.8 cm³/mol. The summed E-state index contributed by atoms with van der Waals surface area (Å²) < 4.78 is 0. The van der Waals surface area contributed by atoms with Crippen LogP contribution in [0.15, 0.2) is 0 Å². The van der Waals surface area contributed by atoms with Crippen LogP contribution in [-0.2, 0) is 0 Å². The molecule has 1 atom stereocenters. The highest BCUT2D eigenvalue weighted by molar-refractivity contribution is 4.72. The lowest BCUT2D eigenvalue weighted by molar-refractivity contribution is 0.178. The second-order valence-electron chi connectivity index (χ2n) is 4.35. The number of aliphatic hydroxyl groups excluding tert-OH is 1. The highest BCUT2D eigenvalue weighted by atomic mass is 16.3. The Morgan fingerprint density at radius 3 is 1.88 bits per heavy atom. The van der Waals surface area contributed by atoms with E-state index >= 15 is 0 Å². The number of hydrogen-bond acceptors (Lipinski definition) is 3. The SMILES string of the molecule is CC.CCN1CCC(O)C1.CN1CCCC1. The van der Waals surface area contributed by atoms with Crippen LogP contribution in [0.3, 0.4) is 0 Å². The van der Waals surface area contributed by atoms with Crippen LogP contribution in [0.25, 0.3) is 0 Å². The van der Waals surface area contributed by atoms with Crippen molar-refractivity contribution in [3.8, 4) is 0 Å². The molecular weight excluding hydrogens is 200 g/mol. The molecule has 2 rings (SSSR count). The van der Waals surface area contributed by atoms with Gasteiger partial charge < -0.3 is 14.9 Å². The molecule has 0 aromatic rings. The Morgan fingerprint density at radius 1 is 1.12 bits per heavy atom. The maximum Gasteiger partial charge on any atom is 0.0679 e. The molecule has 0 radical (unpaired) electrons. The van der Waals surface area contributed by atoms with Crippen molar-refractivity contribution >= 4 is 0 Å². The van der Waals surface area contributed by atoms with Crippen molar-refractivity contribution < 1.29 is 5.11 Å². The number of β-amino-alcohol motifs (C(OH)–C–C–N with tert-alkyl or cyclic N) is 1. The molecule has 0 aliphatic carbocycles. The van der Waals surface area contributed by atoms with Crippen LogP contribution in [-0.4, -0.2) is 60.8 Å². The van der Waals surface area contributed by atoms with Crippen LogP contribution >= 0.6 is 0 Å². The summed E-state index contributed by atoms with van der Waals surface area (Å²) in [6, 6.07) is 0. The minimum Gasteiger partial charge on any atom is -0.392 e. The van der Waals surface area contributed by atoms with Gasteiger partial charge >= 0.3 is 0 Å². The molecule has 2 fully saturated rings. The van der Waals surface area contributed by atoms with Gasteiger partial charge in [-0.1, -0.05) is 20.8 Å². The minimum absolute atomic E-state index is 0.0463. The normalized spacial score (nSPS) is 25.7. The topological polar surface area (TPSA) is 26.7 Å². The first-order valence-electron chi connectivity index (χ1n) is 6.81. The Hall–Kier alpha value is -0.120. The summed E-state index contributed by atoms with van der Waals surface area (Å²) in [5, 5.41) is 8.99. The van der Waals surface area contributed by atoms with E-state index in [0.29, 0.717) is 0 Å². The third kappa shape index (κ3) is 7.20. The number of hydrogen-bond donors (Lipinski definition) is 1. The summed E-state index contributed by atoms with van der Waals surface area (Å²) in [6.07, 6.45) is 3.75. The van der Waals surface area contributed by atoms with E-state index in [-0.39, 0.29) is 6.10 Å². The monoisotopic (exact) mass is 230 g/mol. The molecule has 0 amide bonds. The van der Waals surface area contributed by atoms with Crippen molar-refractivity contribution in [1.29, 1.82) is 0 Å². The molecule has 16 heavy (non-hydrogen) atoms. The van der Waals surface area contributed by atoms with Crippen LogP contribution in [0, 0.1) is 0 Å². The Labute approximate surface area is 101 Å². The Morgan fingerprint density at radius 2 is 1.69 bits per heavy atom. The predicted octanol–water partition coefficient (Wildman–Crippen LogP) is 1.81.